The van der Waals surface area contributed by atoms with E-state index in [0.717, 1.165) is 23.5 Å². The van der Waals surface area contributed by atoms with E-state index < -0.39 is 28.7 Å². The average molecular weight is 367 g/mol. The van der Waals surface area contributed by atoms with E-state index >= 15 is 0 Å². The summed E-state index contributed by atoms with van der Waals surface area (Å²) in [6.07, 6.45) is 0. The summed E-state index contributed by atoms with van der Waals surface area (Å²) in [7, 11) is 0. The van der Waals surface area contributed by atoms with E-state index in [0.29, 0.717) is 0 Å². The normalized spacial score (nSPS) is 12.1. The zero-order valence-corrected chi connectivity index (χ0v) is 15.1. The molecule has 0 aliphatic heterocycles. The summed E-state index contributed by atoms with van der Waals surface area (Å²) in [5.41, 5.74) is 2.77. The van der Waals surface area contributed by atoms with Crippen LogP contribution in [0.5, 0.6) is 0 Å². The van der Waals surface area contributed by atoms with Gasteiger partial charge in [-0.15, -0.1) is 0 Å². The van der Waals surface area contributed by atoms with Gasteiger partial charge in [0, 0.05) is 5.56 Å². The molecule has 134 valence electrons. The molecule has 0 unspecified atom stereocenters. The number of halogens is 2. The van der Waals surface area contributed by atoms with Crippen molar-refractivity contribution < 1.29 is 18.4 Å². The Kier molecular flexibility index (Phi) is 5.06. The number of nitrogens with two attached hydrogens (primary N) is 1. The minimum atomic E-state index is -1.90. The SMILES string of the molecule is CC(C)(N)C(=O)Nc1nc(C(C)(C)F)c(C(=O)c2ccc(F)cc2)s1. The third kappa shape index (κ3) is 4.46. The Labute approximate surface area is 148 Å². The van der Waals surface area contributed by atoms with Gasteiger partial charge in [0.25, 0.3) is 0 Å². The van der Waals surface area contributed by atoms with E-state index in [1.165, 1.54) is 39.8 Å². The number of thiazole rings is 1. The Morgan fingerprint density at radius 1 is 1.16 bits per heavy atom. The van der Waals surface area contributed by atoms with Crippen LogP contribution in [-0.4, -0.2) is 22.2 Å². The highest BCUT2D eigenvalue weighted by Crippen LogP contribution is 2.35. The van der Waals surface area contributed by atoms with Crippen molar-refractivity contribution in [2.24, 2.45) is 5.73 Å². The third-order valence-electron chi connectivity index (χ3n) is 3.31. The zero-order valence-electron chi connectivity index (χ0n) is 14.3. The number of alkyl halides is 1. The molecule has 3 N–H and O–H groups in total. The van der Waals surface area contributed by atoms with Gasteiger partial charge >= 0.3 is 0 Å². The second-order valence-electron chi connectivity index (χ2n) is 6.68. The minimum Gasteiger partial charge on any atom is -0.318 e. The Hall–Kier alpha value is -2.19. The summed E-state index contributed by atoms with van der Waals surface area (Å²) in [5.74, 6) is -1.49. The molecule has 0 radical (unpaired) electrons. The molecule has 1 heterocycles. The molecule has 0 fully saturated rings. The van der Waals surface area contributed by atoms with Crippen molar-refractivity contribution in [3.05, 3.63) is 46.2 Å². The fourth-order valence-corrected chi connectivity index (χ4v) is 2.99. The molecule has 0 bridgehead atoms. The van der Waals surface area contributed by atoms with Gasteiger partial charge in [-0.3, -0.25) is 9.59 Å². The first kappa shape index (κ1) is 19.1. The lowest BCUT2D eigenvalue weighted by molar-refractivity contribution is -0.120. The molecule has 2 rings (SSSR count). The number of aromatic nitrogens is 1. The van der Waals surface area contributed by atoms with Gasteiger partial charge in [0.2, 0.25) is 11.7 Å². The maximum Gasteiger partial charge on any atom is 0.245 e. The lowest BCUT2D eigenvalue weighted by Gasteiger charge is -2.16. The highest BCUT2D eigenvalue weighted by Gasteiger charge is 2.32. The smallest absolute Gasteiger partial charge is 0.245 e. The number of anilines is 1. The first-order valence-corrected chi connectivity index (χ1v) is 8.32. The van der Waals surface area contributed by atoms with Gasteiger partial charge in [0.05, 0.1) is 5.54 Å². The Morgan fingerprint density at radius 3 is 2.20 bits per heavy atom. The maximum atomic E-state index is 14.5. The quantitative estimate of drug-likeness (QED) is 0.793. The highest BCUT2D eigenvalue weighted by atomic mass is 32.1. The molecule has 0 atom stereocenters. The highest BCUT2D eigenvalue weighted by molar-refractivity contribution is 7.18. The van der Waals surface area contributed by atoms with E-state index in [1.54, 1.807) is 0 Å². The number of amides is 1. The van der Waals surface area contributed by atoms with Crippen LogP contribution in [0.25, 0.3) is 0 Å². The standard InChI is InChI=1S/C17H19F2N3O2S/c1-16(2,19)13-12(11(23)9-5-7-10(18)8-6-9)25-15(21-13)22-14(24)17(3,4)20/h5-8H,20H2,1-4H3,(H,21,22,24). The Balaban J connectivity index is 2.44. The second kappa shape index (κ2) is 6.61. The fraction of sp³-hybridized carbons (Fsp3) is 0.353. The molecule has 8 heteroatoms. The molecule has 1 amide bonds. The first-order chi connectivity index (χ1) is 11.4. The molecule has 25 heavy (non-hydrogen) atoms. The number of hydrogen-bond acceptors (Lipinski definition) is 5. The fourth-order valence-electron chi connectivity index (χ4n) is 1.92. The van der Waals surface area contributed by atoms with Crippen molar-refractivity contribution in [2.45, 2.75) is 38.9 Å². The second-order valence-corrected chi connectivity index (χ2v) is 7.68. The number of nitrogens with zero attached hydrogens (tertiary/aromatic N) is 1. The number of ketones is 1. The van der Waals surface area contributed by atoms with E-state index in [2.05, 4.69) is 10.3 Å². The Morgan fingerprint density at radius 2 is 1.72 bits per heavy atom. The van der Waals surface area contributed by atoms with Gasteiger partial charge in [-0.2, -0.15) is 0 Å². The molecular formula is C17H19F2N3O2S. The number of carbonyl (C=O) groups excluding carboxylic acids is 2. The maximum absolute atomic E-state index is 14.5. The molecule has 1 aromatic heterocycles. The van der Waals surface area contributed by atoms with Crippen LogP contribution >= 0.6 is 11.3 Å². The van der Waals surface area contributed by atoms with E-state index in [1.807, 2.05) is 0 Å². The van der Waals surface area contributed by atoms with Crippen molar-refractivity contribution >= 4 is 28.2 Å². The summed E-state index contributed by atoms with van der Waals surface area (Å²) in [4.78, 5) is 28.8. The monoisotopic (exact) mass is 367 g/mol. The zero-order chi connectivity index (χ0) is 19.0. The summed E-state index contributed by atoms with van der Waals surface area (Å²) in [6.45, 7) is 5.56. The summed E-state index contributed by atoms with van der Waals surface area (Å²) >= 11 is 0.856. The number of carbonyl (C=O) groups is 2. The summed E-state index contributed by atoms with van der Waals surface area (Å²) in [5, 5.41) is 2.57. The molecule has 1 aromatic carbocycles. The van der Waals surface area contributed by atoms with E-state index in [4.69, 9.17) is 5.73 Å². The minimum absolute atomic E-state index is 0.0456. The van der Waals surface area contributed by atoms with Crippen LogP contribution in [0.4, 0.5) is 13.9 Å². The predicted octanol–water partition coefficient (Wildman–Crippen LogP) is 3.39. The summed E-state index contributed by atoms with van der Waals surface area (Å²) in [6, 6.07) is 4.92. The van der Waals surface area contributed by atoms with Crippen molar-refractivity contribution in [3.8, 4) is 0 Å². The van der Waals surface area contributed by atoms with Crippen molar-refractivity contribution in [3.63, 3.8) is 0 Å². The lowest BCUT2D eigenvalue weighted by Crippen LogP contribution is -2.45. The van der Waals surface area contributed by atoms with E-state index in [-0.39, 0.29) is 21.3 Å². The molecule has 5 nitrogen and oxygen atoms in total. The largest absolute Gasteiger partial charge is 0.318 e. The molecule has 2 aromatic rings. The topological polar surface area (TPSA) is 85.1 Å². The van der Waals surface area contributed by atoms with Crippen molar-refractivity contribution in [2.75, 3.05) is 5.32 Å². The predicted molar refractivity (Wildman–Crippen MR) is 93.0 cm³/mol. The van der Waals surface area contributed by atoms with Crippen LogP contribution in [0.1, 0.15) is 48.6 Å². The van der Waals surface area contributed by atoms with Gasteiger partial charge < -0.3 is 11.1 Å². The van der Waals surface area contributed by atoms with E-state index in [9.17, 15) is 18.4 Å². The number of rotatable bonds is 5. The third-order valence-corrected chi connectivity index (χ3v) is 4.28. The van der Waals surface area contributed by atoms with Gasteiger partial charge in [-0.1, -0.05) is 11.3 Å². The van der Waals surface area contributed by atoms with Crippen LogP contribution in [-0.2, 0) is 10.5 Å². The van der Waals surface area contributed by atoms with Crippen LogP contribution < -0.4 is 11.1 Å². The van der Waals surface area contributed by atoms with Crippen molar-refractivity contribution in [1.82, 2.24) is 4.98 Å². The van der Waals surface area contributed by atoms with Crippen LogP contribution in [0, 0.1) is 5.82 Å². The number of benzene rings is 1. The molecule has 0 aliphatic rings. The van der Waals surface area contributed by atoms with Gasteiger partial charge in [-0.25, -0.2) is 13.8 Å². The van der Waals surface area contributed by atoms with Gasteiger partial charge in [-0.05, 0) is 52.0 Å². The number of nitrogens with one attached hydrogen (secondary N) is 1. The van der Waals surface area contributed by atoms with Gasteiger partial charge in [0.15, 0.2) is 5.13 Å². The average Bonchev–Trinajstić information content (AvgIpc) is 2.90. The Bertz CT molecular complexity index is 803. The molecular weight excluding hydrogens is 348 g/mol. The van der Waals surface area contributed by atoms with Crippen molar-refractivity contribution in [1.29, 1.82) is 0 Å². The number of hydrogen-bond donors (Lipinski definition) is 2. The molecule has 0 saturated heterocycles. The van der Waals surface area contributed by atoms with Crippen LogP contribution in [0.3, 0.4) is 0 Å². The van der Waals surface area contributed by atoms with Crippen LogP contribution in [0.2, 0.25) is 0 Å². The van der Waals surface area contributed by atoms with Crippen LogP contribution in [0.15, 0.2) is 24.3 Å². The molecule has 0 aliphatic carbocycles. The van der Waals surface area contributed by atoms with Gasteiger partial charge in [0.1, 0.15) is 22.1 Å². The summed E-state index contributed by atoms with van der Waals surface area (Å²) < 4.78 is 27.5. The molecule has 0 spiro atoms. The first-order valence-electron chi connectivity index (χ1n) is 7.50. The molecule has 0 saturated carbocycles. The lowest BCUT2D eigenvalue weighted by atomic mass is 10.0.